The van der Waals surface area contributed by atoms with Crippen molar-refractivity contribution >= 4 is 26.8 Å². The van der Waals surface area contributed by atoms with E-state index in [-0.39, 0.29) is 11.0 Å². The van der Waals surface area contributed by atoms with Crippen molar-refractivity contribution in [1.82, 2.24) is 14.7 Å². The number of pyridine rings is 1. The highest BCUT2D eigenvalue weighted by Gasteiger charge is 2.54. The predicted molar refractivity (Wildman–Crippen MR) is 121 cm³/mol. The van der Waals surface area contributed by atoms with Crippen LogP contribution in [0, 0.1) is 0 Å². The van der Waals surface area contributed by atoms with Crippen LogP contribution in [0.15, 0.2) is 47.6 Å². The van der Waals surface area contributed by atoms with Crippen molar-refractivity contribution in [3.63, 3.8) is 0 Å². The lowest BCUT2D eigenvalue weighted by Gasteiger charge is -2.27. The lowest BCUT2D eigenvalue weighted by Crippen LogP contribution is -2.39. The van der Waals surface area contributed by atoms with Gasteiger partial charge in [-0.3, -0.25) is 4.79 Å². The average Bonchev–Trinajstić information content (AvgIpc) is 3.37. The van der Waals surface area contributed by atoms with Crippen LogP contribution >= 0.6 is 0 Å². The number of hydrogen-bond acceptors (Lipinski definition) is 5. The van der Waals surface area contributed by atoms with Gasteiger partial charge in [0, 0.05) is 28.9 Å². The number of aromatic amines is 1. The van der Waals surface area contributed by atoms with Crippen molar-refractivity contribution in [2.45, 2.75) is 68.3 Å². The Balaban J connectivity index is 1.49. The van der Waals surface area contributed by atoms with Crippen molar-refractivity contribution < 1.29 is 17.9 Å². The molecule has 0 unspecified atom stereocenters. The maximum Gasteiger partial charge on any atom is 0.264 e. The molecule has 2 heterocycles. The van der Waals surface area contributed by atoms with E-state index in [9.17, 15) is 13.2 Å². The number of carbonyl (C=O) groups is 1. The summed E-state index contributed by atoms with van der Waals surface area (Å²) < 4.78 is 34.6. The first-order valence-electron chi connectivity index (χ1n) is 11.1. The molecule has 2 saturated carbocycles. The van der Waals surface area contributed by atoms with Gasteiger partial charge in [-0.15, -0.1) is 0 Å². The van der Waals surface area contributed by atoms with E-state index in [2.05, 4.69) is 14.7 Å². The van der Waals surface area contributed by atoms with E-state index in [0.717, 1.165) is 18.4 Å². The van der Waals surface area contributed by atoms with E-state index in [1.165, 1.54) is 12.5 Å². The van der Waals surface area contributed by atoms with E-state index >= 15 is 0 Å². The highest BCUT2D eigenvalue weighted by atomic mass is 32.2. The topological polar surface area (TPSA) is 101 Å². The largest absolute Gasteiger partial charge is 0.475 e. The Labute approximate surface area is 187 Å². The Morgan fingerprint density at radius 1 is 1.25 bits per heavy atom. The molecule has 8 heteroatoms. The first-order chi connectivity index (χ1) is 15.3. The number of fused-ring (bicyclic) bond motifs is 1. The zero-order chi connectivity index (χ0) is 22.5. The Bertz CT molecular complexity index is 1290. The van der Waals surface area contributed by atoms with Gasteiger partial charge in [0.05, 0.1) is 16.4 Å². The van der Waals surface area contributed by atoms with Gasteiger partial charge in [0.15, 0.2) is 0 Å². The predicted octanol–water partition coefficient (Wildman–Crippen LogP) is 4.15. The third kappa shape index (κ3) is 3.56. The molecule has 0 aliphatic heterocycles. The smallest absolute Gasteiger partial charge is 0.264 e. The minimum Gasteiger partial charge on any atom is -0.475 e. The van der Waals surface area contributed by atoms with Crippen LogP contribution in [0.5, 0.6) is 5.88 Å². The summed E-state index contributed by atoms with van der Waals surface area (Å²) in [7, 11) is -4.04. The number of aromatic nitrogens is 2. The zero-order valence-electron chi connectivity index (χ0n) is 18.2. The molecule has 1 aromatic carbocycles. The molecule has 168 valence electrons. The fraction of sp³-hybridized carbons (Fsp3) is 0.417. The third-order valence-electron chi connectivity index (χ3n) is 6.57. The molecule has 2 fully saturated rings. The molecule has 2 aromatic heterocycles. The fourth-order valence-corrected chi connectivity index (χ4v) is 5.68. The van der Waals surface area contributed by atoms with Crippen LogP contribution in [0.1, 0.15) is 63.0 Å². The van der Waals surface area contributed by atoms with Crippen LogP contribution in [0.3, 0.4) is 0 Å². The van der Waals surface area contributed by atoms with E-state index < -0.39 is 21.3 Å². The van der Waals surface area contributed by atoms with Crippen LogP contribution < -0.4 is 9.46 Å². The number of ether oxygens (including phenoxy) is 1. The summed E-state index contributed by atoms with van der Waals surface area (Å²) in [6.07, 6.45) is 7.95. The fourth-order valence-electron chi connectivity index (χ4n) is 4.40. The van der Waals surface area contributed by atoms with E-state index in [0.29, 0.717) is 41.1 Å². The summed E-state index contributed by atoms with van der Waals surface area (Å²) in [6.45, 7) is 3.82. The number of amides is 1. The van der Waals surface area contributed by atoms with Gasteiger partial charge in [-0.05, 0) is 75.3 Å². The quantitative estimate of drug-likeness (QED) is 0.560. The number of sulfonamides is 1. The number of hydrogen-bond donors (Lipinski definition) is 2. The second-order valence-corrected chi connectivity index (χ2v) is 10.8. The number of rotatable bonds is 7. The molecule has 1 amide bonds. The Morgan fingerprint density at radius 2 is 2.03 bits per heavy atom. The van der Waals surface area contributed by atoms with Gasteiger partial charge in [0.25, 0.3) is 10.0 Å². The summed E-state index contributed by atoms with van der Waals surface area (Å²) >= 11 is 0. The maximum absolute atomic E-state index is 13.4. The molecule has 0 atom stereocenters. The second-order valence-electron chi connectivity index (χ2n) is 9.13. The first-order valence-corrected chi connectivity index (χ1v) is 12.6. The monoisotopic (exact) mass is 453 g/mol. The summed E-state index contributed by atoms with van der Waals surface area (Å²) in [4.78, 5) is 21.0. The molecule has 3 aromatic rings. The summed E-state index contributed by atoms with van der Waals surface area (Å²) in [6, 6.07) is 8.68. The SMILES string of the molecule is CC(C)Oc1ncc(C2CCC2)cc1C1(C(=O)NS(=O)(=O)c2cccc3[nH]ccc23)CC1. The van der Waals surface area contributed by atoms with Gasteiger partial charge >= 0.3 is 0 Å². The molecule has 0 spiro atoms. The Morgan fingerprint density at radius 3 is 2.69 bits per heavy atom. The summed E-state index contributed by atoms with van der Waals surface area (Å²) in [5, 5.41) is 0.551. The van der Waals surface area contributed by atoms with Crippen molar-refractivity contribution in [2.24, 2.45) is 0 Å². The van der Waals surface area contributed by atoms with Crippen LogP contribution in [0.25, 0.3) is 10.9 Å². The number of nitrogens with one attached hydrogen (secondary N) is 2. The van der Waals surface area contributed by atoms with Crippen molar-refractivity contribution in [3.05, 3.63) is 53.9 Å². The second kappa shape index (κ2) is 7.62. The number of nitrogens with zero attached hydrogens (tertiary/aromatic N) is 1. The molecule has 2 N–H and O–H groups in total. The molecule has 7 nitrogen and oxygen atoms in total. The number of H-pyrrole nitrogens is 1. The molecular weight excluding hydrogens is 426 g/mol. The molecule has 0 bridgehead atoms. The van der Waals surface area contributed by atoms with Gasteiger partial charge in [0.1, 0.15) is 0 Å². The third-order valence-corrected chi connectivity index (χ3v) is 7.96. The minimum atomic E-state index is -4.04. The molecule has 2 aliphatic carbocycles. The van der Waals surface area contributed by atoms with Gasteiger partial charge < -0.3 is 9.72 Å². The summed E-state index contributed by atoms with van der Waals surface area (Å²) in [5.74, 6) is 0.343. The van der Waals surface area contributed by atoms with Gasteiger partial charge in [-0.2, -0.15) is 0 Å². The van der Waals surface area contributed by atoms with E-state index in [1.54, 1.807) is 24.4 Å². The standard InChI is InChI=1S/C24H27N3O4S/c1-15(2)31-22-19(13-17(14-26-22)16-5-3-6-16)24(10-11-24)23(28)27-32(29,30)21-8-4-7-20-18(21)9-12-25-20/h4,7-9,12-16,25H,3,5-6,10-11H2,1-2H3,(H,27,28). The van der Waals surface area contributed by atoms with Gasteiger partial charge in [-0.1, -0.05) is 12.5 Å². The molecule has 32 heavy (non-hydrogen) atoms. The molecule has 2 aliphatic rings. The number of benzene rings is 1. The minimum absolute atomic E-state index is 0.0837. The lowest BCUT2D eigenvalue weighted by atomic mass is 9.79. The molecule has 0 saturated heterocycles. The molecular formula is C24H27N3O4S. The Hall–Kier alpha value is -2.87. The first kappa shape index (κ1) is 21.0. The molecule has 0 radical (unpaired) electrons. The van der Waals surface area contributed by atoms with Crippen molar-refractivity contribution in [2.75, 3.05) is 0 Å². The summed E-state index contributed by atoms with van der Waals surface area (Å²) in [5.41, 5.74) is 1.56. The maximum atomic E-state index is 13.4. The van der Waals surface area contributed by atoms with Gasteiger partial charge in [0.2, 0.25) is 11.8 Å². The van der Waals surface area contributed by atoms with Crippen LogP contribution in [0.4, 0.5) is 0 Å². The van der Waals surface area contributed by atoms with Gasteiger partial charge in [-0.25, -0.2) is 18.1 Å². The normalized spacial score (nSPS) is 17.8. The Kier molecular flexibility index (Phi) is 5.00. The van der Waals surface area contributed by atoms with E-state index in [4.69, 9.17) is 4.74 Å². The van der Waals surface area contributed by atoms with Crippen LogP contribution in [-0.2, 0) is 20.2 Å². The van der Waals surface area contributed by atoms with Crippen LogP contribution in [0.2, 0.25) is 0 Å². The van der Waals surface area contributed by atoms with Crippen molar-refractivity contribution in [1.29, 1.82) is 0 Å². The zero-order valence-corrected chi connectivity index (χ0v) is 19.0. The highest BCUT2D eigenvalue weighted by Crippen LogP contribution is 2.52. The molecule has 5 rings (SSSR count). The van der Waals surface area contributed by atoms with E-state index in [1.807, 2.05) is 26.1 Å². The highest BCUT2D eigenvalue weighted by molar-refractivity contribution is 7.90. The number of carbonyl (C=O) groups excluding carboxylic acids is 1. The van der Waals surface area contributed by atoms with Crippen molar-refractivity contribution in [3.8, 4) is 5.88 Å². The average molecular weight is 454 g/mol. The lowest BCUT2D eigenvalue weighted by molar-refractivity contribution is -0.121. The van der Waals surface area contributed by atoms with Crippen LogP contribution in [-0.4, -0.2) is 30.4 Å².